The summed E-state index contributed by atoms with van der Waals surface area (Å²) < 4.78 is 27.9. The van der Waals surface area contributed by atoms with Gasteiger partial charge in [-0.3, -0.25) is 9.69 Å². The molecule has 23 heavy (non-hydrogen) atoms. The summed E-state index contributed by atoms with van der Waals surface area (Å²) in [4.78, 5) is 35.7. The van der Waals surface area contributed by atoms with Crippen LogP contribution in [0, 0.1) is 0 Å². The number of imide groups is 1. The molecule has 1 aromatic carbocycles. The summed E-state index contributed by atoms with van der Waals surface area (Å²) in [7, 11) is -3.61. The highest BCUT2D eigenvalue weighted by Gasteiger charge is 2.27. The monoisotopic (exact) mass is 360 g/mol. The lowest BCUT2D eigenvalue weighted by Gasteiger charge is -2.12. The van der Waals surface area contributed by atoms with Gasteiger partial charge in [-0.15, -0.1) is 0 Å². The van der Waals surface area contributed by atoms with Crippen molar-refractivity contribution in [2.24, 2.45) is 0 Å². The van der Waals surface area contributed by atoms with Gasteiger partial charge >= 0.3 is 12.0 Å². The zero-order valence-electron chi connectivity index (χ0n) is 12.0. The highest BCUT2D eigenvalue weighted by atomic mass is 35.5. The lowest BCUT2D eigenvalue weighted by Crippen LogP contribution is -2.37. The molecule has 0 unspecified atom stereocenters. The van der Waals surface area contributed by atoms with Crippen molar-refractivity contribution < 1.29 is 27.5 Å². The first-order valence-corrected chi connectivity index (χ1v) is 8.72. The molecular weight excluding hydrogens is 348 g/mol. The van der Waals surface area contributed by atoms with Crippen LogP contribution in [0.3, 0.4) is 0 Å². The third kappa shape index (κ3) is 3.99. The van der Waals surface area contributed by atoms with Crippen LogP contribution in [0.1, 0.15) is 10.4 Å². The molecule has 3 amide bonds. The fraction of sp³-hybridized carbons (Fsp3) is 0.308. The van der Waals surface area contributed by atoms with Crippen molar-refractivity contribution in [1.29, 1.82) is 0 Å². The molecule has 1 heterocycles. The zero-order valence-corrected chi connectivity index (χ0v) is 13.6. The van der Waals surface area contributed by atoms with Crippen LogP contribution in [-0.2, 0) is 19.4 Å². The van der Waals surface area contributed by atoms with E-state index in [-0.39, 0.29) is 22.0 Å². The summed E-state index contributed by atoms with van der Waals surface area (Å²) in [5, 5.41) is 2.42. The molecular formula is C13H13ClN2O6S. The van der Waals surface area contributed by atoms with Crippen molar-refractivity contribution in [3.63, 3.8) is 0 Å². The number of ether oxygens (including phenoxy) is 1. The van der Waals surface area contributed by atoms with Gasteiger partial charge in [-0.1, -0.05) is 11.6 Å². The maximum Gasteiger partial charge on any atom is 0.338 e. The van der Waals surface area contributed by atoms with Crippen LogP contribution in [0.5, 0.6) is 0 Å². The molecule has 1 saturated heterocycles. The zero-order chi connectivity index (χ0) is 17.2. The van der Waals surface area contributed by atoms with Crippen molar-refractivity contribution in [2.45, 2.75) is 4.90 Å². The highest BCUT2D eigenvalue weighted by Crippen LogP contribution is 2.23. The Morgan fingerprint density at radius 3 is 2.65 bits per heavy atom. The van der Waals surface area contributed by atoms with Gasteiger partial charge in [0.05, 0.1) is 15.5 Å². The maximum atomic E-state index is 11.9. The van der Waals surface area contributed by atoms with Gasteiger partial charge in [0.25, 0.3) is 5.91 Å². The van der Waals surface area contributed by atoms with Gasteiger partial charge in [-0.05, 0) is 18.2 Å². The maximum absolute atomic E-state index is 11.9. The molecule has 0 bridgehead atoms. The Bertz CT molecular complexity index is 777. The molecule has 0 saturated carbocycles. The molecule has 0 radical (unpaired) electrons. The molecule has 1 aliphatic heterocycles. The van der Waals surface area contributed by atoms with E-state index in [1.165, 1.54) is 12.1 Å². The summed E-state index contributed by atoms with van der Waals surface area (Å²) in [5.74, 6) is -1.55. The summed E-state index contributed by atoms with van der Waals surface area (Å²) in [5.41, 5.74) is -0.0616. The molecule has 0 aliphatic carbocycles. The van der Waals surface area contributed by atoms with Crippen LogP contribution < -0.4 is 5.32 Å². The Balaban J connectivity index is 2.07. The number of urea groups is 1. The average Bonchev–Trinajstić information content (AvgIpc) is 2.90. The third-order valence-corrected chi connectivity index (χ3v) is 4.63. The summed E-state index contributed by atoms with van der Waals surface area (Å²) in [6.07, 6.45) is 0.957. The first-order valence-electron chi connectivity index (χ1n) is 6.45. The number of halogens is 1. The van der Waals surface area contributed by atoms with Crippen molar-refractivity contribution in [1.82, 2.24) is 10.2 Å². The second-order valence-electron chi connectivity index (χ2n) is 4.77. The standard InChI is InChI=1S/C13H13ClN2O6S/c1-23(20,21)10-6-8(2-3-9(10)14)12(18)22-7-11(17)16-5-4-15-13(16)19/h2-3,6H,4-5,7H2,1H3,(H,15,19). The molecule has 1 N–H and O–H groups in total. The topological polar surface area (TPSA) is 110 Å². The van der Waals surface area contributed by atoms with Crippen LogP contribution in [-0.4, -0.2) is 57.2 Å². The number of carbonyl (C=O) groups is 3. The fourth-order valence-electron chi connectivity index (χ4n) is 1.91. The van der Waals surface area contributed by atoms with Gasteiger partial charge in [0, 0.05) is 19.3 Å². The Morgan fingerprint density at radius 1 is 1.39 bits per heavy atom. The van der Waals surface area contributed by atoms with Crippen molar-refractivity contribution in [2.75, 3.05) is 26.0 Å². The molecule has 8 nitrogen and oxygen atoms in total. The smallest absolute Gasteiger partial charge is 0.338 e. The minimum absolute atomic E-state index is 0.0196. The van der Waals surface area contributed by atoms with E-state index in [1.807, 2.05) is 0 Å². The van der Waals surface area contributed by atoms with Gasteiger partial charge in [0.1, 0.15) is 0 Å². The lowest BCUT2D eigenvalue weighted by molar-refractivity contribution is -0.130. The van der Waals surface area contributed by atoms with Gasteiger partial charge < -0.3 is 10.1 Å². The van der Waals surface area contributed by atoms with E-state index in [0.717, 1.165) is 17.2 Å². The first kappa shape index (κ1) is 17.2. The number of esters is 1. The number of carbonyl (C=O) groups excluding carboxylic acids is 3. The number of sulfone groups is 1. The number of nitrogens with one attached hydrogen (secondary N) is 1. The number of benzene rings is 1. The molecule has 10 heteroatoms. The lowest BCUT2D eigenvalue weighted by atomic mass is 10.2. The van der Waals surface area contributed by atoms with Crippen molar-refractivity contribution in [3.05, 3.63) is 28.8 Å². The number of hydrogen-bond donors (Lipinski definition) is 1. The number of hydrogen-bond acceptors (Lipinski definition) is 6. The summed E-state index contributed by atoms with van der Waals surface area (Å²) >= 11 is 5.78. The number of rotatable bonds is 4. The largest absolute Gasteiger partial charge is 0.452 e. The molecule has 0 spiro atoms. The second-order valence-corrected chi connectivity index (χ2v) is 7.16. The minimum Gasteiger partial charge on any atom is -0.452 e. The summed E-state index contributed by atoms with van der Waals surface area (Å²) in [6.45, 7) is -0.0785. The Labute approximate surface area is 137 Å². The molecule has 124 valence electrons. The second kappa shape index (κ2) is 6.55. The van der Waals surface area contributed by atoms with E-state index in [2.05, 4.69) is 5.32 Å². The van der Waals surface area contributed by atoms with Gasteiger partial charge in [-0.2, -0.15) is 0 Å². The molecule has 0 atom stereocenters. The van der Waals surface area contributed by atoms with Crippen LogP contribution in [0.4, 0.5) is 4.79 Å². The quantitative estimate of drug-likeness (QED) is 0.781. The van der Waals surface area contributed by atoms with Crippen molar-refractivity contribution in [3.8, 4) is 0 Å². The highest BCUT2D eigenvalue weighted by molar-refractivity contribution is 7.90. The van der Waals surface area contributed by atoms with Crippen LogP contribution in [0.15, 0.2) is 23.1 Å². The van der Waals surface area contributed by atoms with E-state index >= 15 is 0 Å². The van der Waals surface area contributed by atoms with Crippen LogP contribution >= 0.6 is 11.6 Å². The molecule has 0 aromatic heterocycles. The van der Waals surface area contributed by atoms with Gasteiger partial charge in [0.2, 0.25) is 0 Å². The molecule has 2 rings (SSSR count). The van der Waals surface area contributed by atoms with E-state index in [9.17, 15) is 22.8 Å². The normalized spacial score (nSPS) is 14.5. The molecule has 1 fully saturated rings. The van der Waals surface area contributed by atoms with Gasteiger partial charge in [-0.25, -0.2) is 18.0 Å². The number of amides is 3. The van der Waals surface area contributed by atoms with Gasteiger partial charge in [0.15, 0.2) is 16.4 Å². The SMILES string of the molecule is CS(=O)(=O)c1cc(C(=O)OCC(=O)N2CCNC2=O)ccc1Cl. The first-order chi connectivity index (χ1) is 10.7. The number of nitrogens with zero attached hydrogens (tertiary/aromatic N) is 1. The molecule has 1 aromatic rings. The fourth-order valence-corrected chi connectivity index (χ4v) is 3.21. The predicted molar refractivity (Wildman–Crippen MR) is 80.0 cm³/mol. The third-order valence-electron chi connectivity index (χ3n) is 3.05. The Morgan fingerprint density at radius 2 is 2.09 bits per heavy atom. The van der Waals surface area contributed by atoms with E-state index in [4.69, 9.17) is 16.3 Å². The average molecular weight is 361 g/mol. The Kier molecular flexibility index (Phi) is 4.90. The Hall–Kier alpha value is -2.13. The van der Waals surface area contributed by atoms with Crippen LogP contribution in [0.25, 0.3) is 0 Å². The van der Waals surface area contributed by atoms with Crippen LogP contribution in [0.2, 0.25) is 5.02 Å². The molecule has 1 aliphatic rings. The predicted octanol–water partition coefficient (Wildman–Crippen LogP) is 0.452. The van der Waals surface area contributed by atoms with E-state index < -0.39 is 34.4 Å². The van der Waals surface area contributed by atoms with Crippen molar-refractivity contribution >= 4 is 39.3 Å². The van der Waals surface area contributed by atoms with E-state index in [1.54, 1.807) is 0 Å². The van der Waals surface area contributed by atoms with E-state index in [0.29, 0.717) is 6.54 Å². The minimum atomic E-state index is -3.61. The summed E-state index contributed by atoms with van der Waals surface area (Å²) in [6, 6.07) is 3.07.